The summed E-state index contributed by atoms with van der Waals surface area (Å²) in [5.74, 6) is 0.348. The summed E-state index contributed by atoms with van der Waals surface area (Å²) in [5, 5.41) is 3.91. The van der Waals surface area contributed by atoms with Gasteiger partial charge in [0.25, 0.3) is 5.91 Å². The quantitative estimate of drug-likeness (QED) is 0.662. The highest BCUT2D eigenvalue weighted by Gasteiger charge is 2.21. The molecule has 0 unspecified atom stereocenters. The summed E-state index contributed by atoms with van der Waals surface area (Å²) in [4.78, 5) is 29.4. The number of nitrogens with zero attached hydrogens (tertiary/aromatic N) is 2. The Hall–Kier alpha value is -2.28. The number of rotatable bonds is 7. The number of methoxy groups -OCH3 is 1. The maximum Gasteiger partial charge on any atom is 0.254 e. The zero-order valence-electron chi connectivity index (χ0n) is 17.8. The third-order valence-corrected chi connectivity index (χ3v) is 6.10. The molecule has 0 radical (unpaired) electrons. The molecule has 0 aromatic heterocycles. The lowest BCUT2D eigenvalue weighted by Gasteiger charge is -2.32. The standard InChI is InChI=1S/C23H27Cl2N3O3/c1-27-10-12-28(13-11-27)23(30)17-7-9-21(31-2)20(15-17)26-22(29)5-3-4-16-6-8-18(24)19(25)14-16/h6-9,14-15H,3-5,10-13H2,1-2H3,(H,26,29). The Labute approximate surface area is 193 Å². The Morgan fingerprint density at radius 3 is 2.45 bits per heavy atom. The van der Waals surface area contributed by atoms with E-state index in [9.17, 15) is 9.59 Å². The lowest BCUT2D eigenvalue weighted by molar-refractivity contribution is -0.116. The van der Waals surface area contributed by atoms with Gasteiger partial charge in [-0.2, -0.15) is 0 Å². The number of aryl methyl sites for hydroxylation is 1. The summed E-state index contributed by atoms with van der Waals surface area (Å²) in [6, 6.07) is 10.6. The first kappa shape index (κ1) is 23.4. The molecule has 0 saturated carbocycles. The van der Waals surface area contributed by atoms with Crippen molar-refractivity contribution in [3.8, 4) is 5.75 Å². The van der Waals surface area contributed by atoms with Crippen LogP contribution in [0.5, 0.6) is 5.75 Å². The predicted molar refractivity (Wildman–Crippen MR) is 124 cm³/mol. The topological polar surface area (TPSA) is 61.9 Å². The minimum absolute atomic E-state index is 0.0362. The number of carbonyl (C=O) groups is 2. The molecule has 2 aromatic carbocycles. The molecular formula is C23H27Cl2N3O3. The van der Waals surface area contributed by atoms with Gasteiger partial charge in [0.15, 0.2) is 0 Å². The molecule has 166 valence electrons. The highest BCUT2D eigenvalue weighted by Crippen LogP contribution is 2.27. The van der Waals surface area contributed by atoms with Crippen LogP contribution in [0.3, 0.4) is 0 Å². The van der Waals surface area contributed by atoms with Crippen LogP contribution in [-0.4, -0.2) is 62.0 Å². The van der Waals surface area contributed by atoms with Crippen LogP contribution in [0.4, 0.5) is 5.69 Å². The van der Waals surface area contributed by atoms with Crippen LogP contribution in [-0.2, 0) is 11.2 Å². The number of carbonyl (C=O) groups excluding carboxylic acids is 2. The number of hydrogen-bond acceptors (Lipinski definition) is 4. The summed E-state index contributed by atoms with van der Waals surface area (Å²) < 4.78 is 5.37. The second kappa shape index (κ2) is 10.8. The van der Waals surface area contributed by atoms with E-state index in [2.05, 4.69) is 10.2 Å². The fourth-order valence-corrected chi connectivity index (χ4v) is 3.81. The molecule has 2 amide bonds. The number of anilines is 1. The Kier molecular flexibility index (Phi) is 8.18. The van der Waals surface area contributed by atoms with Crippen LogP contribution in [0, 0.1) is 0 Å². The molecule has 2 aromatic rings. The van der Waals surface area contributed by atoms with E-state index in [0.717, 1.165) is 18.7 Å². The van der Waals surface area contributed by atoms with Crippen LogP contribution in [0.15, 0.2) is 36.4 Å². The molecule has 1 N–H and O–H groups in total. The van der Waals surface area contributed by atoms with Crippen LogP contribution in [0.25, 0.3) is 0 Å². The van der Waals surface area contributed by atoms with E-state index < -0.39 is 0 Å². The number of amides is 2. The average Bonchev–Trinajstić information content (AvgIpc) is 2.76. The fraction of sp³-hybridized carbons (Fsp3) is 0.391. The first-order valence-electron chi connectivity index (χ1n) is 10.3. The molecule has 6 nitrogen and oxygen atoms in total. The van der Waals surface area contributed by atoms with Gasteiger partial charge in [-0.1, -0.05) is 29.3 Å². The van der Waals surface area contributed by atoms with Crippen LogP contribution in [0.1, 0.15) is 28.8 Å². The predicted octanol–water partition coefficient (Wildman–Crippen LogP) is 4.35. The molecule has 0 bridgehead atoms. The smallest absolute Gasteiger partial charge is 0.254 e. The van der Waals surface area contributed by atoms with Crippen molar-refractivity contribution in [3.05, 3.63) is 57.6 Å². The molecule has 1 fully saturated rings. The minimum Gasteiger partial charge on any atom is -0.495 e. The summed E-state index contributed by atoms with van der Waals surface area (Å²) in [5.41, 5.74) is 2.07. The highest BCUT2D eigenvalue weighted by molar-refractivity contribution is 6.42. The van der Waals surface area contributed by atoms with Crippen molar-refractivity contribution in [1.82, 2.24) is 9.80 Å². The zero-order chi connectivity index (χ0) is 22.4. The zero-order valence-corrected chi connectivity index (χ0v) is 19.3. The minimum atomic E-state index is -0.137. The number of piperazine rings is 1. The maximum absolute atomic E-state index is 12.9. The van der Waals surface area contributed by atoms with E-state index in [0.29, 0.717) is 59.4 Å². The second-order valence-corrected chi connectivity index (χ2v) is 8.48. The van der Waals surface area contributed by atoms with E-state index in [1.807, 2.05) is 24.1 Å². The van der Waals surface area contributed by atoms with Gasteiger partial charge >= 0.3 is 0 Å². The van der Waals surface area contributed by atoms with Crippen molar-refractivity contribution in [2.75, 3.05) is 45.7 Å². The molecule has 1 aliphatic heterocycles. The third kappa shape index (κ3) is 6.35. The number of nitrogens with one attached hydrogen (secondary N) is 1. The summed E-state index contributed by atoms with van der Waals surface area (Å²) in [6.45, 7) is 3.09. The van der Waals surface area contributed by atoms with Crippen molar-refractivity contribution in [2.45, 2.75) is 19.3 Å². The van der Waals surface area contributed by atoms with E-state index >= 15 is 0 Å². The summed E-state index contributed by atoms with van der Waals surface area (Å²) in [6.07, 6.45) is 1.70. The monoisotopic (exact) mass is 463 g/mol. The number of hydrogen-bond donors (Lipinski definition) is 1. The SMILES string of the molecule is COc1ccc(C(=O)N2CCN(C)CC2)cc1NC(=O)CCCc1ccc(Cl)c(Cl)c1. The molecule has 0 atom stereocenters. The average molecular weight is 464 g/mol. The van der Waals surface area contributed by atoms with Crippen LogP contribution >= 0.6 is 23.2 Å². The van der Waals surface area contributed by atoms with Gasteiger partial charge in [-0.3, -0.25) is 9.59 Å². The van der Waals surface area contributed by atoms with Crippen molar-refractivity contribution >= 4 is 40.7 Å². The first-order chi connectivity index (χ1) is 14.9. The molecule has 1 heterocycles. The maximum atomic E-state index is 12.9. The van der Waals surface area contributed by atoms with E-state index in [4.69, 9.17) is 27.9 Å². The largest absolute Gasteiger partial charge is 0.495 e. The van der Waals surface area contributed by atoms with Crippen molar-refractivity contribution < 1.29 is 14.3 Å². The van der Waals surface area contributed by atoms with Crippen LogP contribution in [0.2, 0.25) is 10.0 Å². The van der Waals surface area contributed by atoms with Gasteiger partial charge in [0.1, 0.15) is 5.75 Å². The van der Waals surface area contributed by atoms with Gasteiger partial charge in [-0.25, -0.2) is 0 Å². The lowest BCUT2D eigenvalue weighted by Crippen LogP contribution is -2.47. The van der Waals surface area contributed by atoms with Gasteiger partial charge in [0.2, 0.25) is 5.91 Å². The number of ether oxygens (including phenoxy) is 1. The summed E-state index contributed by atoms with van der Waals surface area (Å²) >= 11 is 12.0. The second-order valence-electron chi connectivity index (χ2n) is 7.66. The number of likely N-dealkylation sites (N-methyl/N-ethyl adjacent to an activating group) is 1. The Morgan fingerprint density at radius 2 is 1.77 bits per heavy atom. The third-order valence-electron chi connectivity index (χ3n) is 5.36. The van der Waals surface area contributed by atoms with Crippen LogP contribution < -0.4 is 10.1 Å². The van der Waals surface area contributed by atoms with Crippen molar-refractivity contribution in [2.24, 2.45) is 0 Å². The summed E-state index contributed by atoms with van der Waals surface area (Å²) in [7, 11) is 3.58. The van der Waals surface area contributed by atoms with Gasteiger partial charge in [0, 0.05) is 38.2 Å². The van der Waals surface area contributed by atoms with Gasteiger partial charge in [-0.15, -0.1) is 0 Å². The highest BCUT2D eigenvalue weighted by atomic mass is 35.5. The number of benzene rings is 2. The van der Waals surface area contributed by atoms with Gasteiger partial charge in [-0.05, 0) is 55.8 Å². The molecule has 1 saturated heterocycles. The number of halogens is 2. The van der Waals surface area contributed by atoms with Crippen molar-refractivity contribution in [1.29, 1.82) is 0 Å². The lowest BCUT2D eigenvalue weighted by atomic mass is 10.1. The fourth-order valence-electron chi connectivity index (χ4n) is 3.49. The molecule has 3 rings (SSSR count). The normalized spacial score (nSPS) is 14.4. The van der Waals surface area contributed by atoms with E-state index in [1.165, 1.54) is 7.11 Å². The van der Waals surface area contributed by atoms with Crippen molar-refractivity contribution in [3.63, 3.8) is 0 Å². The van der Waals surface area contributed by atoms with Gasteiger partial charge < -0.3 is 19.9 Å². The molecule has 31 heavy (non-hydrogen) atoms. The molecular weight excluding hydrogens is 437 g/mol. The Bertz CT molecular complexity index is 944. The Balaban J connectivity index is 1.60. The molecule has 1 aliphatic rings. The molecule has 0 aliphatic carbocycles. The van der Waals surface area contributed by atoms with E-state index in [1.54, 1.807) is 24.3 Å². The Morgan fingerprint density at radius 1 is 1.03 bits per heavy atom. The molecule has 0 spiro atoms. The molecule has 8 heteroatoms. The van der Waals surface area contributed by atoms with Gasteiger partial charge in [0.05, 0.1) is 22.8 Å². The first-order valence-corrected chi connectivity index (χ1v) is 11.0. The van der Waals surface area contributed by atoms with E-state index in [-0.39, 0.29) is 11.8 Å².